The number of benzene rings is 1. The lowest BCUT2D eigenvalue weighted by Gasteiger charge is -2.52. The summed E-state index contributed by atoms with van der Waals surface area (Å²) in [5, 5.41) is 12.9. The van der Waals surface area contributed by atoms with E-state index in [0.29, 0.717) is 13.1 Å². The van der Waals surface area contributed by atoms with Crippen LogP contribution >= 0.6 is 0 Å². The van der Waals surface area contributed by atoms with Crippen molar-refractivity contribution in [1.29, 1.82) is 0 Å². The van der Waals surface area contributed by atoms with Gasteiger partial charge in [0.05, 0.1) is 0 Å². The first kappa shape index (κ1) is 24.5. The Morgan fingerprint density at radius 3 is 2.10 bits per heavy atom. The van der Waals surface area contributed by atoms with Crippen molar-refractivity contribution in [3.05, 3.63) is 24.0 Å². The van der Waals surface area contributed by atoms with Gasteiger partial charge in [-0.05, 0) is 38.1 Å². The number of nitrogens with zero attached hydrogens (tertiary/aromatic N) is 1. The number of piperidine rings is 1. The first-order chi connectivity index (χ1) is 14.2. The number of ether oxygens (including phenoxy) is 1. The van der Waals surface area contributed by atoms with Gasteiger partial charge in [-0.3, -0.25) is 0 Å². The number of hydrogen-bond donors (Lipinski definition) is 3. The van der Waals surface area contributed by atoms with Gasteiger partial charge in [0.15, 0.2) is 11.6 Å². The topological polar surface area (TPSA) is 90.9 Å². The summed E-state index contributed by atoms with van der Waals surface area (Å²) in [6, 6.07) is 2.42. The monoisotopic (exact) mass is 461 g/mol. The van der Waals surface area contributed by atoms with Crippen molar-refractivity contribution in [3.63, 3.8) is 0 Å². The van der Waals surface area contributed by atoms with Gasteiger partial charge in [-0.2, -0.15) is 13.2 Å². The standard InChI is InChI=1S/C15H17F4N3O2.C2HF3O2/c16-11-7-10(1-2-12(11)24-15(17,18)19)21-13(23)22-8-14(9-22)3-5-20-6-4-14;3-2(4,5)1(6)7/h1-2,7,20H,3-6,8-9H2,(H,21,23);(H,6,7). The third kappa shape index (κ3) is 7.15. The summed E-state index contributed by atoms with van der Waals surface area (Å²) in [7, 11) is 0. The summed E-state index contributed by atoms with van der Waals surface area (Å²) >= 11 is 0. The minimum atomic E-state index is -5.08. The molecule has 3 N–H and O–H groups in total. The number of amides is 2. The molecule has 2 fully saturated rings. The van der Waals surface area contributed by atoms with Gasteiger partial charge in [-0.15, -0.1) is 13.2 Å². The molecule has 2 aliphatic rings. The second-order valence-electron chi connectivity index (χ2n) is 7.03. The lowest BCUT2D eigenvalue weighted by Crippen LogP contribution is -2.62. The molecule has 2 aliphatic heterocycles. The Balaban J connectivity index is 0.000000423. The molecule has 1 aromatic rings. The van der Waals surface area contributed by atoms with E-state index in [2.05, 4.69) is 15.4 Å². The van der Waals surface area contributed by atoms with Crippen LogP contribution in [0.3, 0.4) is 0 Å². The van der Waals surface area contributed by atoms with Crippen LogP contribution < -0.4 is 15.4 Å². The van der Waals surface area contributed by atoms with Crippen LogP contribution in [0.4, 0.5) is 41.2 Å². The number of alkyl halides is 6. The molecule has 174 valence electrons. The van der Waals surface area contributed by atoms with Crippen LogP contribution in [-0.4, -0.2) is 60.7 Å². The zero-order chi connectivity index (χ0) is 23.4. The van der Waals surface area contributed by atoms with E-state index in [0.717, 1.165) is 38.1 Å². The normalized spacial score (nSPS) is 17.8. The van der Waals surface area contributed by atoms with E-state index in [1.165, 1.54) is 6.07 Å². The van der Waals surface area contributed by atoms with Crippen LogP contribution in [0, 0.1) is 11.2 Å². The fraction of sp³-hybridized carbons (Fsp3) is 0.529. The van der Waals surface area contributed by atoms with E-state index in [1.54, 1.807) is 4.90 Å². The molecule has 0 radical (unpaired) electrons. The third-order valence-electron chi connectivity index (χ3n) is 4.66. The lowest BCUT2D eigenvalue weighted by atomic mass is 9.72. The number of rotatable bonds is 2. The van der Waals surface area contributed by atoms with Gasteiger partial charge in [0.2, 0.25) is 0 Å². The molecule has 2 saturated heterocycles. The molecular formula is C17H18F7N3O4. The van der Waals surface area contributed by atoms with E-state index in [4.69, 9.17) is 9.90 Å². The molecule has 2 heterocycles. The number of carbonyl (C=O) groups is 2. The minimum absolute atomic E-state index is 0.0817. The lowest BCUT2D eigenvalue weighted by molar-refractivity contribution is -0.275. The number of likely N-dealkylation sites (tertiary alicyclic amines) is 1. The second-order valence-corrected chi connectivity index (χ2v) is 7.03. The number of carboxylic acids is 1. The number of urea groups is 1. The predicted molar refractivity (Wildman–Crippen MR) is 91.9 cm³/mol. The molecule has 0 aromatic heterocycles. The first-order valence-electron chi connectivity index (χ1n) is 8.83. The SMILES string of the molecule is O=C(Nc1ccc(OC(F)(F)F)c(F)c1)N1CC2(CCNCC2)C1.O=C(O)C(F)(F)F. The molecule has 1 spiro atoms. The molecule has 0 saturated carbocycles. The summed E-state index contributed by atoms with van der Waals surface area (Å²) in [6.45, 7) is 3.14. The molecule has 2 amide bonds. The van der Waals surface area contributed by atoms with Gasteiger partial charge in [0.1, 0.15) is 0 Å². The van der Waals surface area contributed by atoms with E-state index >= 15 is 0 Å². The summed E-state index contributed by atoms with van der Waals surface area (Å²) in [5.74, 6) is -4.88. The summed E-state index contributed by atoms with van der Waals surface area (Å²) in [4.78, 5) is 22.6. The molecule has 3 rings (SSSR count). The van der Waals surface area contributed by atoms with Gasteiger partial charge in [0, 0.05) is 30.3 Å². The Kier molecular flexibility index (Phi) is 7.24. The maximum absolute atomic E-state index is 13.6. The highest BCUT2D eigenvalue weighted by Crippen LogP contribution is 2.39. The second kappa shape index (κ2) is 9.16. The Morgan fingerprint density at radius 2 is 1.65 bits per heavy atom. The maximum Gasteiger partial charge on any atom is 0.573 e. The highest BCUT2D eigenvalue weighted by Gasteiger charge is 2.45. The molecule has 1 aromatic carbocycles. The van der Waals surface area contributed by atoms with Crippen molar-refractivity contribution in [2.75, 3.05) is 31.5 Å². The number of aliphatic carboxylic acids is 1. The van der Waals surface area contributed by atoms with E-state index in [-0.39, 0.29) is 17.1 Å². The van der Waals surface area contributed by atoms with Crippen molar-refractivity contribution in [1.82, 2.24) is 10.2 Å². The molecule has 0 bridgehead atoms. The van der Waals surface area contributed by atoms with Gasteiger partial charge < -0.3 is 25.4 Å². The molecular weight excluding hydrogens is 443 g/mol. The van der Waals surface area contributed by atoms with Gasteiger partial charge in [0.25, 0.3) is 0 Å². The van der Waals surface area contributed by atoms with Crippen LogP contribution in [0.2, 0.25) is 0 Å². The van der Waals surface area contributed by atoms with Gasteiger partial charge in [-0.25, -0.2) is 14.0 Å². The van der Waals surface area contributed by atoms with Crippen molar-refractivity contribution < 1.29 is 50.2 Å². The van der Waals surface area contributed by atoms with Crippen molar-refractivity contribution in [2.24, 2.45) is 5.41 Å². The van der Waals surface area contributed by atoms with E-state index < -0.39 is 30.1 Å². The molecule has 0 aliphatic carbocycles. The Labute approximate surface area is 171 Å². The number of carboxylic acid groups (broad SMARTS) is 1. The third-order valence-corrected chi connectivity index (χ3v) is 4.66. The van der Waals surface area contributed by atoms with Gasteiger partial charge in [-0.1, -0.05) is 0 Å². The van der Waals surface area contributed by atoms with E-state index in [1.807, 2.05) is 0 Å². The number of nitrogens with one attached hydrogen (secondary N) is 2. The van der Waals surface area contributed by atoms with Crippen molar-refractivity contribution in [2.45, 2.75) is 25.4 Å². The maximum atomic E-state index is 13.6. The molecule has 0 atom stereocenters. The smallest absolute Gasteiger partial charge is 0.475 e. The van der Waals surface area contributed by atoms with Crippen LogP contribution in [0.25, 0.3) is 0 Å². The van der Waals surface area contributed by atoms with Gasteiger partial charge >= 0.3 is 24.5 Å². The van der Waals surface area contributed by atoms with Crippen molar-refractivity contribution in [3.8, 4) is 5.75 Å². The highest BCUT2D eigenvalue weighted by molar-refractivity contribution is 5.90. The first-order valence-corrected chi connectivity index (χ1v) is 8.83. The summed E-state index contributed by atoms with van der Waals surface area (Å²) < 4.78 is 85.2. The molecule has 14 heteroatoms. The Hall–Kier alpha value is -2.77. The molecule has 31 heavy (non-hydrogen) atoms. The number of halogens is 7. The van der Waals surface area contributed by atoms with Crippen LogP contribution in [0.15, 0.2) is 18.2 Å². The van der Waals surface area contributed by atoms with Crippen LogP contribution in [0.1, 0.15) is 12.8 Å². The Bertz CT molecular complexity index is 800. The number of anilines is 1. The average Bonchev–Trinajstić information content (AvgIpc) is 2.61. The largest absolute Gasteiger partial charge is 0.573 e. The predicted octanol–water partition coefficient (Wildman–Crippen LogP) is 3.57. The summed E-state index contributed by atoms with van der Waals surface area (Å²) in [5.41, 5.74) is 0.247. The minimum Gasteiger partial charge on any atom is -0.475 e. The Morgan fingerprint density at radius 1 is 1.10 bits per heavy atom. The zero-order valence-corrected chi connectivity index (χ0v) is 15.7. The number of carbonyl (C=O) groups excluding carboxylic acids is 1. The summed E-state index contributed by atoms with van der Waals surface area (Å²) in [6.07, 6.45) is -8.03. The average molecular weight is 461 g/mol. The van der Waals surface area contributed by atoms with Crippen LogP contribution in [-0.2, 0) is 4.79 Å². The highest BCUT2D eigenvalue weighted by atomic mass is 19.4. The fourth-order valence-electron chi connectivity index (χ4n) is 3.17. The van der Waals surface area contributed by atoms with Crippen molar-refractivity contribution >= 4 is 17.7 Å². The molecule has 0 unspecified atom stereocenters. The number of hydrogen-bond acceptors (Lipinski definition) is 4. The zero-order valence-electron chi connectivity index (χ0n) is 15.7. The van der Waals surface area contributed by atoms with E-state index in [9.17, 15) is 35.5 Å². The quantitative estimate of drug-likeness (QED) is 0.586. The molecule has 7 nitrogen and oxygen atoms in total. The van der Waals surface area contributed by atoms with Crippen LogP contribution in [0.5, 0.6) is 5.75 Å². The fourth-order valence-corrected chi connectivity index (χ4v) is 3.17.